The number of hydrogen-bond donors (Lipinski definition) is 0. The molecule has 0 aliphatic heterocycles. The maximum atomic E-state index is 11.9. The van der Waals surface area contributed by atoms with Gasteiger partial charge in [0.05, 0.1) is 6.20 Å². The maximum Gasteiger partial charge on any atom is 0.270 e. The lowest BCUT2D eigenvalue weighted by Gasteiger charge is -2.02. The molecule has 2 aromatic heterocycles. The van der Waals surface area contributed by atoms with Gasteiger partial charge in [-0.25, -0.2) is 4.52 Å². The van der Waals surface area contributed by atoms with Crippen molar-refractivity contribution >= 4 is 28.8 Å². The highest BCUT2D eigenvalue weighted by Gasteiger charge is 2.11. The van der Waals surface area contributed by atoms with Crippen LogP contribution in [0.4, 0.5) is 0 Å². The summed E-state index contributed by atoms with van der Waals surface area (Å²) in [5.74, 6) is 0. The van der Waals surface area contributed by atoms with Crippen molar-refractivity contribution in [1.29, 1.82) is 0 Å². The highest BCUT2D eigenvalue weighted by molar-refractivity contribution is 5.79. The Morgan fingerprint density at radius 1 is 0.955 bits per heavy atom. The molecule has 0 atom stereocenters. The van der Waals surface area contributed by atoms with Crippen molar-refractivity contribution in [2.75, 3.05) is 0 Å². The first-order valence-corrected chi connectivity index (χ1v) is 6.92. The highest BCUT2D eigenvalue weighted by atomic mass is 16.5. The van der Waals surface area contributed by atoms with Crippen LogP contribution in [0.25, 0.3) is 28.8 Å². The van der Waals surface area contributed by atoms with E-state index < -0.39 is 0 Å². The van der Waals surface area contributed by atoms with E-state index in [0.29, 0.717) is 16.0 Å². The van der Waals surface area contributed by atoms with E-state index >= 15 is 0 Å². The Balaban J connectivity index is 1.85. The van der Waals surface area contributed by atoms with Gasteiger partial charge in [0, 0.05) is 17.2 Å². The fraction of sp³-hybridized carbons (Fsp3) is 0. The fourth-order valence-corrected chi connectivity index (χ4v) is 2.44. The Bertz CT molecular complexity index is 990. The predicted octanol–water partition coefficient (Wildman–Crippen LogP) is 2.69. The van der Waals surface area contributed by atoms with Crippen molar-refractivity contribution in [1.82, 2.24) is 14.7 Å². The largest absolute Gasteiger partial charge is 0.594 e. The Hall–Kier alpha value is -3.21. The second-order valence-electron chi connectivity index (χ2n) is 4.97. The van der Waals surface area contributed by atoms with E-state index in [1.165, 1.54) is 0 Å². The van der Waals surface area contributed by atoms with Crippen molar-refractivity contribution in [2.45, 2.75) is 0 Å². The average molecular weight is 288 g/mol. The molecule has 0 aliphatic carbocycles. The van der Waals surface area contributed by atoms with E-state index in [9.17, 15) is 5.21 Å². The van der Waals surface area contributed by atoms with Gasteiger partial charge in [0.25, 0.3) is 5.52 Å². The SMILES string of the molecule is [O-][n+]1nc2ccnn2c2cc(/C=C/c3ccccc3)ccc21. The summed E-state index contributed by atoms with van der Waals surface area (Å²) < 4.78 is 1.67. The van der Waals surface area contributed by atoms with Crippen LogP contribution in [0.15, 0.2) is 60.8 Å². The van der Waals surface area contributed by atoms with Gasteiger partial charge in [-0.2, -0.15) is 5.10 Å². The number of rotatable bonds is 2. The number of fused-ring (bicyclic) bond motifs is 3. The lowest BCUT2D eigenvalue weighted by molar-refractivity contribution is -0.640. The first-order valence-electron chi connectivity index (χ1n) is 6.92. The number of aromatic nitrogens is 4. The van der Waals surface area contributed by atoms with Crippen molar-refractivity contribution in [3.63, 3.8) is 0 Å². The molecule has 5 heteroatoms. The third kappa shape index (κ3) is 2.09. The minimum absolute atomic E-state index is 0.494. The molecular weight excluding hydrogens is 276 g/mol. The van der Waals surface area contributed by atoms with Crippen LogP contribution in [0, 0.1) is 5.21 Å². The molecule has 0 saturated heterocycles. The van der Waals surface area contributed by atoms with Gasteiger partial charge in [-0.3, -0.25) is 0 Å². The van der Waals surface area contributed by atoms with Gasteiger partial charge < -0.3 is 5.21 Å². The Kier molecular flexibility index (Phi) is 2.83. The zero-order valence-corrected chi connectivity index (χ0v) is 11.6. The molecular formula is C17H12N4O. The molecule has 4 aromatic rings. The van der Waals surface area contributed by atoms with E-state index in [1.807, 2.05) is 54.6 Å². The molecule has 106 valence electrons. The summed E-state index contributed by atoms with van der Waals surface area (Å²) in [5, 5.41) is 20.1. The van der Waals surface area contributed by atoms with Gasteiger partial charge >= 0.3 is 0 Å². The third-order valence-electron chi connectivity index (χ3n) is 3.52. The van der Waals surface area contributed by atoms with Gasteiger partial charge in [0.2, 0.25) is 5.65 Å². The number of hydrogen-bond acceptors (Lipinski definition) is 3. The molecule has 2 heterocycles. The molecule has 5 nitrogen and oxygen atoms in total. The Labute approximate surface area is 126 Å². The third-order valence-corrected chi connectivity index (χ3v) is 3.52. The predicted molar refractivity (Wildman–Crippen MR) is 84.8 cm³/mol. The van der Waals surface area contributed by atoms with Crippen LogP contribution in [0.3, 0.4) is 0 Å². The second kappa shape index (κ2) is 4.96. The molecule has 0 bridgehead atoms. The van der Waals surface area contributed by atoms with Gasteiger partial charge in [0.15, 0.2) is 0 Å². The molecule has 0 N–H and O–H groups in total. The summed E-state index contributed by atoms with van der Waals surface area (Å²) in [7, 11) is 0. The monoisotopic (exact) mass is 288 g/mol. The molecule has 0 amide bonds. The van der Waals surface area contributed by atoms with Crippen LogP contribution in [-0.4, -0.2) is 14.7 Å². The molecule has 0 unspecified atom stereocenters. The van der Waals surface area contributed by atoms with Crippen LogP contribution in [0.5, 0.6) is 0 Å². The smallest absolute Gasteiger partial charge is 0.270 e. The summed E-state index contributed by atoms with van der Waals surface area (Å²) >= 11 is 0. The molecule has 0 aliphatic rings. The Morgan fingerprint density at radius 2 is 1.77 bits per heavy atom. The van der Waals surface area contributed by atoms with E-state index in [2.05, 4.69) is 10.2 Å². The van der Waals surface area contributed by atoms with Crippen molar-refractivity contribution < 1.29 is 4.85 Å². The van der Waals surface area contributed by atoms with Gasteiger partial charge in [-0.15, -0.1) is 0 Å². The number of nitrogens with zero attached hydrogens (tertiary/aromatic N) is 4. The quantitative estimate of drug-likeness (QED) is 0.324. The lowest BCUT2D eigenvalue weighted by Crippen LogP contribution is -2.33. The van der Waals surface area contributed by atoms with Crippen LogP contribution >= 0.6 is 0 Å². The highest BCUT2D eigenvalue weighted by Crippen LogP contribution is 2.15. The molecule has 0 radical (unpaired) electrons. The van der Waals surface area contributed by atoms with Crippen LogP contribution in [0.1, 0.15) is 11.1 Å². The lowest BCUT2D eigenvalue weighted by atomic mass is 10.1. The summed E-state index contributed by atoms with van der Waals surface area (Å²) in [6.45, 7) is 0. The van der Waals surface area contributed by atoms with E-state index in [1.54, 1.807) is 22.8 Å². The van der Waals surface area contributed by atoms with Crippen LogP contribution < -0.4 is 4.85 Å². The van der Waals surface area contributed by atoms with Gasteiger partial charge in [-0.05, 0) is 28.1 Å². The molecule has 4 rings (SSSR count). The molecule has 0 spiro atoms. The topological polar surface area (TPSA) is 57.1 Å². The van der Waals surface area contributed by atoms with E-state index in [0.717, 1.165) is 16.6 Å². The van der Waals surface area contributed by atoms with E-state index in [-0.39, 0.29) is 0 Å². The molecule has 2 aromatic carbocycles. The molecule has 22 heavy (non-hydrogen) atoms. The molecule has 0 saturated carbocycles. The van der Waals surface area contributed by atoms with Gasteiger partial charge in [-0.1, -0.05) is 42.5 Å². The van der Waals surface area contributed by atoms with Crippen LogP contribution in [-0.2, 0) is 0 Å². The summed E-state index contributed by atoms with van der Waals surface area (Å²) in [4.78, 5) is 0.636. The standard InChI is InChI=1S/C17H12N4O/c22-21-15-9-8-14(7-6-13-4-2-1-3-5-13)12-16(15)20-17(19-21)10-11-18-20/h1-12H/b7-6+. The number of benzene rings is 2. The summed E-state index contributed by atoms with van der Waals surface area (Å²) in [5.41, 5.74) is 3.89. The first kappa shape index (κ1) is 12.5. The summed E-state index contributed by atoms with van der Waals surface area (Å²) in [6.07, 6.45) is 5.68. The zero-order valence-electron chi connectivity index (χ0n) is 11.6. The Morgan fingerprint density at radius 3 is 2.64 bits per heavy atom. The zero-order chi connectivity index (χ0) is 14.9. The van der Waals surface area contributed by atoms with E-state index in [4.69, 9.17) is 0 Å². The van der Waals surface area contributed by atoms with Crippen molar-refractivity contribution in [3.05, 3.63) is 77.1 Å². The molecule has 0 fully saturated rings. The summed E-state index contributed by atoms with van der Waals surface area (Å²) in [6, 6.07) is 17.4. The fourth-order valence-electron chi connectivity index (χ4n) is 2.44. The van der Waals surface area contributed by atoms with Crippen LogP contribution in [0.2, 0.25) is 0 Å². The second-order valence-corrected chi connectivity index (χ2v) is 4.97. The minimum atomic E-state index is 0.494. The normalized spacial score (nSPS) is 11.6. The first-order chi connectivity index (χ1) is 10.8. The van der Waals surface area contributed by atoms with Crippen molar-refractivity contribution in [3.8, 4) is 0 Å². The average Bonchev–Trinajstić information content (AvgIpc) is 3.02. The van der Waals surface area contributed by atoms with Gasteiger partial charge in [0.1, 0.15) is 5.52 Å². The van der Waals surface area contributed by atoms with Crippen molar-refractivity contribution in [2.24, 2.45) is 0 Å². The maximum absolute atomic E-state index is 11.9. The minimum Gasteiger partial charge on any atom is -0.594 e.